The highest BCUT2D eigenvalue weighted by atomic mass is 31.3. The lowest BCUT2D eigenvalue weighted by atomic mass is 10.0. The maximum absolute atomic E-state index is 12.3. The Bertz CT molecular complexity index is 4800. The van der Waals surface area contributed by atoms with Crippen molar-refractivity contribution in [1.29, 1.82) is 0 Å². The second-order valence-electron chi connectivity index (χ2n) is 22.9. The van der Waals surface area contributed by atoms with Gasteiger partial charge in [-0.05, 0) is 77.4 Å². The van der Waals surface area contributed by atoms with E-state index in [9.17, 15) is 119 Å². The maximum Gasteiger partial charge on any atom is 0.490 e. The van der Waals surface area contributed by atoms with Crippen molar-refractivity contribution in [3.8, 4) is 29.1 Å². The second-order valence-corrected chi connectivity index (χ2v) is 27.4. The number of azide groups is 4. The fourth-order valence-corrected chi connectivity index (χ4v) is 11.3. The second kappa shape index (κ2) is 57.9. The van der Waals surface area contributed by atoms with Gasteiger partial charge >= 0.3 is 65.8 Å². The fourth-order valence-electron chi connectivity index (χ4n) is 8.25. The molecule has 0 aliphatic carbocycles. The molecule has 8 atom stereocenters. The molecule has 1 aliphatic heterocycles. The number of aromatic carboxylic acids is 1. The summed E-state index contributed by atoms with van der Waals surface area (Å²) in [6.45, 7) is -3.29. The zero-order chi connectivity index (χ0) is 96.2. The van der Waals surface area contributed by atoms with E-state index < -0.39 is 183 Å². The van der Waals surface area contributed by atoms with Gasteiger partial charge in [-0.2, -0.15) is 61.3 Å². The minimum atomic E-state index is -5.75. The Labute approximate surface area is 696 Å². The minimum absolute atomic E-state index is 0.00164. The van der Waals surface area contributed by atoms with Gasteiger partial charge in [0.2, 0.25) is 17.3 Å². The van der Waals surface area contributed by atoms with Crippen molar-refractivity contribution in [3.05, 3.63) is 164 Å². The van der Waals surface area contributed by atoms with E-state index in [-0.39, 0.29) is 125 Å². The first-order valence-electron chi connectivity index (χ1n) is 34.0. The van der Waals surface area contributed by atoms with Gasteiger partial charge in [-0.15, -0.1) is 0 Å². The van der Waals surface area contributed by atoms with Crippen molar-refractivity contribution in [2.45, 2.75) is 113 Å². The molecule has 698 valence electrons. The smallest absolute Gasteiger partial charge is 0.490 e. The van der Waals surface area contributed by atoms with E-state index in [1.54, 1.807) is 6.07 Å². The molecule has 126 heavy (non-hydrogen) atoms. The molecule has 0 saturated carbocycles. The molecule has 0 amide bonds. The third-order valence-electron chi connectivity index (χ3n) is 13.5. The van der Waals surface area contributed by atoms with E-state index >= 15 is 0 Å². The maximum atomic E-state index is 12.3. The Morgan fingerprint density at radius 1 is 0.627 bits per heavy atom. The number of hydrogen-bond donors (Lipinski definition) is 11. The van der Waals surface area contributed by atoms with Gasteiger partial charge in [0, 0.05) is 69.1 Å². The number of carbonyl (C=O) groups excluding carboxylic acids is 6. The monoisotopic (exact) mass is 1890 g/mol. The van der Waals surface area contributed by atoms with Crippen LogP contribution in [0.3, 0.4) is 0 Å². The zero-order valence-electron chi connectivity index (χ0n) is 63.9. The molecule has 64 heteroatoms. The summed E-state index contributed by atoms with van der Waals surface area (Å²) in [6, 6.07) is 17.5. The number of nitrogens with one attached hydrogen (secondary N) is 1. The molecule has 1 fully saturated rings. The van der Waals surface area contributed by atoms with E-state index in [0.29, 0.717) is 5.75 Å². The minimum Gasteiger partial charge on any atom is -0.542 e. The lowest BCUT2D eigenvalue weighted by Crippen LogP contribution is -2.51. The third-order valence-corrected chi connectivity index (χ3v) is 17.3. The van der Waals surface area contributed by atoms with Crippen LogP contribution in [0.2, 0.25) is 0 Å². The van der Waals surface area contributed by atoms with Crippen LogP contribution in [0, 0.1) is 11.8 Å². The number of hydrogen-bond acceptors (Lipinski definition) is 32. The number of ketones is 5. The van der Waals surface area contributed by atoms with Crippen molar-refractivity contribution in [2.24, 2.45) is 26.2 Å². The number of phosphoric ester groups is 1. The summed E-state index contributed by atoms with van der Waals surface area (Å²) in [5.74, 6) is -6.03. The number of alkyl halides is 12. The lowest BCUT2D eigenvalue weighted by Gasteiger charge is -2.20. The molecule has 1 aliphatic rings. The molecule has 4 aromatic rings. The summed E-state index contributed by atoms with van der Waals surface area (Å²) in [6.07, 6.45) is -28.3. The summed E-state index contributed by atoms with van der Waals surface area (Å²) in [5, 5.41) is 56.5. The van der Waals surface area contributed by atoms with Crippen LogP contribution in [0.5, 0.6) is 17.2 Å². The number of nitrogens with two attached hydrogens (primary N) is 1. The fraction of sp³-hybridized carbons (Fsp3) is 0.484. The Morgan fingerprint density at radius 2 is 1.05 bits per heavy atom. The molecule has 6 unspecified atom stereocenters. The first-order chi connectivity index (χ1) is 58.7. The van der Waals surface area contributed by atoms with Gasteiger partial charge in [-0.3, -0.25) is 42.8 Å². The number of benzene rings is 3. The molecule has 0 radical (unpaired) electrons. The summed E-state index contributed by atoms with van der Waals surface area (Å²) >= 11 is 0. The average Bonchev–Trinajstić information content (AvgIpc) is 1.65. The Hall–Kier alpha value is -11.5. The highest BCUT2D eigenvalue weighted by Crippen LogP contribution is 2.66. The van der Waals surface area contributed by atoms with Gasteiger partial charge < -0.3 is 99.3 Å². The van der Waals surface area contributed by atoms with E-state index in [2.05, 4.69) is 70.8 Å². The van der Waals surface area contributed by atoms with Crippen LogP contribution in [0.25, 0.3) is 41.8 Å². The number of aliphatic hydroxyl groups excluding tert-OH is 2. The number of aliphatic carboxylic acids is 2. The zero-order valence-corrected chi connectivity index (χ0v) is 66.6. The number of aliphatic hydroxyl groups is 2. The number of rotatable bonds is 45. The number of carboxylic acids is 3. The molecule has 1 aromatic heterocycles. The number of aromatic amines is 1. The summed E-state index contributed by atoms with van der Waals surface area (Å²) in [7, 11) is -16.8. The third kappa shape index (κ3) is 51.1. The van der Waals surface area contributed by atoms with Crippen molar-refractivity contribution >= 4 is 70.3 Å². The number of H-pyrrole nitrogens is 1. The molecule has 0 spiro atoms. The van der Waals surface area contributed by atoms with E-state index in [4.69, 9.17) is 106 Å². The number of carbonyl (C=O) groups is 8. The SMILES string of the molecule is O=C([O-])C(F)(F)F.[N-]=[N+]=NC(COc1cccc(C(=O)CCCC(=O)C(F)(F)F)c1)OCC(=O)O.[N-]=[N+]=NC(COc1cccc(C(=O)CCCC(=O)C(F)(F)F)c1)OCCO.[N-]=[N+]=NC(COc1cccc(C(=O)O)c1)OCCO.[N-]=[N+]=NCOC1C[C@H](n2cc(C#CCN)c(=O)[nH]c2=O)O[C@@H]1COP(=O)(O)OP(=O)(O)OP(=O)(O)O.[NH3+]CCC(=O)C(F)(F)F. The summed E-state index contributed by atoms with van der Waals surface area (Å²) in [5.41, 5.74) is 40.6. The highest BCUT2D eigenvalue weighted by Gasteiger charge is 2.45. The van der Waals surface area contributed by atoms with E-state index in [1.165, 1.54) is 66.7 Å². The van der Waals surface area contributed by atoms with Gasteiger partial charge in [-0.1, -0.05) is 62.6 Å². The standard InChI is InChI=1S/C16H16F3N3O6.C16H18F3N3O5.C13H19N6O14P3.C11H13N3O5.C4H6F3NO.C2HF3O2/c17-16(18,19)13(24)6-2-5-12(23)10-3-1-4-11(7-10)27-8-14(21-22-20)28-9-15(25)26;17-16(18,19)14(25)6-2-5-13(24)11-3-1-4-12(9-11)27-10-15(21-22-20)26-8-7-23;14-3-1-2-8-5-19(13(21)17-12(8)20)11-4-9(29-7-16-18-15)10(31-11)6-30-35(25,26)33-36(27,28)32-34(22,23)24;12-14-13-10(18-5-4-15)7-19-9-3-1-2-8(6-9)11(16)17;5-4(6,7)3(9)1-2-8;3-2(4,5)1(6)7/h1,3-4,7,14H,2,5-6,8-9H2,(H,25,26);1,3-4,9,15,23H,2,5-8,10H2;5,9-11H,3-4,6-7,14H2,(H,25,26)(H,27,28)(H,17,20,21)(H2,22,23,24);1-3,6,10,15H,4-5,7H2,(H,16,17);1-2,8H2;(H,6,7)/t;;9?,10-,11-;;;/m..1.../s1. The topological polar surface area (TPSA) is 778 Å². The predicted molar refractivity (Wildman–Crippen MR) is 389 cm³/mol. The van der Waals surface area contributed by atoms with Crippen LogP contribution < -0.4 is 42.0 Å². The number of aromatic nitrogens is 2. The summed E-state index contributed by atoms with van der Waals surface area (Å²) < 4.78 is 227. The highest BCUT2D eigenvalue weighted by molar-refractivity contribution is 7.66. The number of ether oxygens (including phenoxy) is 8. The Morgan fingerprint density at radius 3 is 1.41 bits per heavy atom. The van der Waals surface area contributed by atoms with Crippen LogP contribution in [0.15, 0.2) is 109 Å². The number of carboxylic acid groups (broad SMARTS) is 3. The van der Waals surface area contributed by atoms with Crippen LogP contribution in [0.1, 0.15) is 94.2 Å². The van der Waals surface area contributed by atoms with Crippen LogP contribution in [-0.2, 0) is 74.5 Å². The van der Waals surface area contributed by atoms with Crippen LogP contribution in [0.4, 0.5) is 52.7 Å². The number of halogens is 12. The first kappa shape index (κ1) is 115. The largest absolute Gasteiger partial charge is 0.542 e. The predicted octanol–water partition coefficient (Wildman–Crippen LogP) is 6.07. The number of nitrogens with zero attached hydrogens (tertiary/aromatic N) is 13. The average molecular weight is 1890 g/mol. The van der Waals surface area contributed by atoms with Crippen LogP contribution >= 0.6 is 23.5 Å². The van der Waals surface area contributed by atoms with Gasteiger partial charge in [0.1, 0.15) is 74.3 Å². The summed E-state index contributed by atoms with van der Waals surface area (Å²) in [4.78, 5) is 158. The van der Waals surface area contributed by atoms with Gasteiger partial charge in [0.25, 0.3) is 5.56 Å². The molecular weight excluding hydrogens is 1820 g/mol. The lowest BCUT2D eigenvalue weighted by molar-refractivity contribution is -0.367. The molecule has 49 nitrogen and oxygen atoms in total. The first-order valence-corrected chi connectivity index (χ1v) is 38.6. The van der Waals surface area contributed by atoms with Crippen LogP contribution in [-0.4, -0.2) is 231 Å². The van der Waals surface area contributed by atoms with E-state index in [0.717, 1.165) is 10.8 Å². The molecule has 5 rings (SSSR count). The Balaban J connectivity index is 0.00000158. The molecule has 14 N–H and O–H groups in total. The van der Waals surface area contributed by atoms with Crippen molar-refractivity contribution in [2.75, 3.05) is 79.3 Å². The molecular formula is C62H73F12N16O33P3. The van der Waals surface area contributed by atoms with Crippen molar-refractivity contribution < 1.29 is 207 Å². The number of phosphoric acid groups is 3. The van der Waals surface area contributed by atoms with Crippen molar-refractivity contribution in [1.82, 2.24) is 9.55 Å². The Kier molecular flexibility index (Phi) is 52.6. The molecule has 0 bridgehead atoms. The number of quaternary nitrogens is 1. The normalized spacial score (nSPS) is 15.0. The van der Waals surface area contributed by atoms with Gasteiger partial charge in [0.05, 0.1) is 64.2 Å². The van der Waals surface area contributed by atoms with E-state index in [1.807, 2.05) is 4.98 Å². The molecule has 1 saturated heterocycles. The van der Waals surface area contributed by atoms with Gasteiger partial charge in [-0.25, -0.2) is 28.1 Å². The molecule has 2 heterocycles. The number of Topliss-reactive ketones (excluding diaryl/α,β-unsaturated/α-hetero) is 5. The quantitative estimate of drug-likeness (QED) is 0.00455. The molecule has 3 aromatic carbocycles. The van der Waals surface area contributed by atoms with Crippen molar-refractivity contribution in [3.63, 3.8) is 0 Å². The van der Waals surface area contributed by atoms with Gasteiger partial charge in [0.15, 0.2) is 30.3 Å².